The Morgan fingerprint density at radius 2 is 2.50 bits per heavy atom. The van der Waals surface area contributed by atoms with Gasteiger partial charge in [0, 0.05) is 26.1 Å². The average Bonchev–Trinajstić information content (AvgIpc) is 2.78. The quantitative estimate of drug-likeness (QED) is 0.686. The summed E-state index contributed by atoms with van der Waals surface area (Å²) < 4.78 is 5.50. The van der Waals surface area contributed by atoms with Gasteiger partial charge in [-0.25, -0.2) is 0 Å². The van der Waals surface area contributed by atoms with Gasteiger partial charge in [0.1, 0.15) is 0 Å². The fourth-order valence-electron chi connectivity index (χ4n) is 1.86. The summed E-state index contributed by atoms with van der Waals surface area (Å²) in [7, 11) is 0. The number of hydrogen-bond donors (Lipinski definition) is 1. The lowest BCUT2D eigenvalue weighted by molar-refractivity contribution is -0.133. The van der Waals surface area contributed by atoms with E-state index >= 15 is 0 Å². The molecule has 4 heteroatoms. The highest BCUT2D eigenvalue weighted by Crippen LogP contribution is 2.13. The molecule has 2 N–H and O–H groups in total. The predicted molar refractivity (Wildman–Crippen MR) is 62.7 cm³/mol. The van der Waals surface area contributed by atoms with Crippen molar-refractivity contribution in [2.45, 2.75) is 38.3 Å². The zero-order valence-corrected chi connectivity index (χ0v) is 9.82. The molecule has 0 aliphatic carbocycles. The van der Waals surface area contributed by atoms with E-state index in [4.69, 9.17) is 16.9 Å². The summed E-state index contributed by atoms with van der Waals surface area (Å²) in [6, 6.07) is -0.577. The minimum atomic E-state index is -0.577. The van der Waals surface area contributed by atoms with Gasteiger partial charge in [-0.1, -0.05) is 0 Å². The first-order chi connectivity index (χ1) is 7.69. The number of likely N-dealkylation sites (N-methyl/N-ethyl adjacent to an activating group) is 1. The van der Waals surface area contributed by atoms with E-state index in [0.717, 1.165) is 19.4 Å². The summed E-state index contributed by atoms with van der Waals surface area (Å²) in [4.78, 5) is 13.6. The lowest BCUT2D eigenvalue weighted by Gasteiger charge is -2.26. The van der Waals surface area contributed by atoms with Crippen LogP contribution in [0.15, 0.2) is 0 Å². The maximum Gasteiger partial charge on any atom is 0.240 e. The molecule has 0 aromatic rings. The van der Waals surface area contributed by atoms with Crippen LogP contribution in [0.4, 0.5) is 0 Å². The zero-order valence-electron chi connectivity index (χ0n) is 9.82. The van der Waals surface area contributed by atoms with Gasteiger partial charge in [0.05, 0.1) is 12.1 Å². The standard InChI is InChI=1S/C12H20N2O2/c1-3-6-11(13)12(15)14(4-2)9-10-7-5-8-16-10/h1,10-11H,4-9,13H2,2H3. The van der Waals surface area contributed by atoms with Gasteiger partial charge in [0.25, 0.3) is 0 Å². The van der Waals surface area contributed by atoms with Crippen molar-refractivity contribution in [3.63, 3.8) is 0 Å². The Balaban J connectivity index is 2.46. The van der Waals surface area contributed by atoms with Crippen molar-refractivity contribution in [2.75, 3.05) is 19.7 Å². The number of hydrogen-bond acceptors (Lipinski definition) is 3. The summed E-state index contributed by atoms with van der Waals surface area (Å²) in [6.07, 6.45) is 7.71. The van der Waals surface area contributed by atoms with Crippen LogP contribution in [-0.4, -0.2) is 42.6 Å². The number of amides is 1. The van der Waals surface area contributed by atoms with Gasteiger partial charge >= 0.3 is 0 Å². The Labute approximate surface area is 97.1 Å². The highest BCUT2D eigenvalue weighted by Gasteiger charge is 2.24. The van der Waals surface area contributed by atoms with Crippen LogP contribution >= 0.6 is 0 Å². The van der Waals surface area contributed by atoms with E-state index in [1.54, 1.807) is 4.90 Å². The molecule has 1 aliphatic rings. The van der Waals surface area contributed by atoms with Gasteiger partial charge in [-0.3, -0.25) is 4.79 Å². The van der Waals surface area contributed by atoms with Crippen molar-refractivity contribution in [1.82, 2.24) is 4.90 Å². The number of rotatable bonds is 5. The van der Waals surface area contributed by atoms with Crippen molar-refractivity contribution in [1.29, 1.82) is 0 Å². The molecule has 90 valence electrons. The summed E-state index contributed by atoms with van der Waals surface area (Å²) >= 11 is 0. The molecular formula is C12H20N2O2. The van der Waals surface area contributed by atoms with Crippen LogP contribution in [0, 0.1) is 12.3 Å². The molecule has 0 saturated carbocycles. The molecule has 1 aliphatic heterocycles. The van der Waals surface area contributed by atoms with Crippen molar-refractivity contribution < 1.29 is 9.53 Å². The minimum absolute atomic E-state index is 0.0732. The molecule has 1 rings (SSSR count). The molecule has 0 spiro atoms. The van der Waals surface area contributed by atoms with Gasteiger partial charge in [0.2, 0.25) is 5.91 Å². The largest absolute Gasteiger partial charge is 0.376 e. The SMILES string of the molecule is C#CCC(N)C(=O)N(CC)CC1CCCO1. The molecule has 0 aromatic heterocycles. The van der Waals surface area contributed by atoms with E-state index in [2.05, 4.69) is 5.92 Å². The average molecular weight is 224 g/mol. The van der Waals surface area contributed by atoms with Gasteiger partial charge in [-0.05, 0) is 19.8 Å². The molecule has 16 heavy (non-hydrogen) atoms. The number of carbonyl (C=O) groups is 1. The molecular weight excluding hydrogens is 204 g/mol. The highest BCUT2D eigenvalue weighted by molar-refractivity contribution is 5.82. The third kappa shape index (κ3) is 3.51. The molecule has 4 nitrogen and oxygen atoms in total. The number of ether oxygens (including phenoxy) is 1. The smallest absolute Gasteiger partial charge is 0.240 e. The van der Waals surface area contributed by atoms with Crippen LogP contribution in [-0.2, 0) is 9.53 Å². The van der Waals surface area contributed by atoms with E-state index in [1.807, 2.05) is 6.92 Å². The Hall–Kier alpha value is -1.05. The number of nitrogens with zero attached hydrogens (tertiary/aromatic N) is 1. The predicted octanol–water partition coefficient (Wildman–Crippen LogP) is 0.364. The number of nitrogens with two attached hydrogens (primary N) is 1. The summed E-state index contributed by atoms with van der Waals surface area (Å²) in [5, 5.41) is 0. The lowest BCUT2D eigenvalue weighted by Crippen LogP contribution is -2.46. The third-order valence-corrected chi connectivity index (χ3v) is 2.80. The maximum atomic E-state index is 11.9. The second kappa shape index (κ2) is 6.51. The Kier molecular flexibility index (Phi) is 5.30. The van der Waals surface area contributed by atoms with Crippen molar-refractivity contribution in [2.24, 2.45) is 5.73 Å². The summed E-state index contributed by atoms with van der Waals surface area (Å²) in [6.45, 7) is 4.02. The van der Waals surface area contributed by atoms with Crippen LogP contribution < -0.4 is 5.73 Å². The van der Waals surface area contributed by atoms with Gasteiger partial charge in [0.15, 0.2) is 0 Å². The molecule has 2 unspecified atom stereocenters. The Morgan fingerprint density at radius 1 is 1.75 bits per heavy atom. The lowest BCUT2D eigenvalue weighted by atomic mass is 10.1. The first kappa shape index (κ1) is 13.0. The fraction of sp³-hybridized carbons (Fsp3) is 0.750. The molecule has 2 atom stereocenters. The fourth-order valence-corrected chi connectivity index (χ4v) is 1.86. The second-order valence-electron chi connectivity index (χ2n) is 4.03. The van der Waals surface area contributed by atoms with E-state index < -0.39 is 6.04 Å². The summed E-state index contributed by atoms with van der Waals surface area (Å²) in [5.74, 6) is 2.34. The summed E-state index contributed by atoms with van der Waals surface area (Å²) in [5.41, 5.74) is 5.70. The first-order valence-corrected chi connectivity index (χ1v) is 5.78. The molecule has 1 heterocycles. The van der Waals surface area contributed by atoms with E-state index in [1.165, 1.54) is 0 Å². The first-order valence-electron chi connectivity index (χ1n) is 5.78. The Bertz CT molecular complexity index is 267. The van der Waals surface area contributed by atoms with Gasteiger partial charge in [-0.2, -0.15) is 0 Å². The maximum absolute atomic E-state index is 11.9. The van der Waals surface area contributed by atoms with Crippen LogP contribution in [0.5, 0.6) is 0 Å². The topological polar surface area (TPSA) is 55.6 Å². The van der Waals surface area contributed by atoms with Crippen LogP contribution in [0.3, 0.4) is 0 Å². The number of terminal acetylenes is 1. The normalized spacial score (nSPS) is 21.4. The minimum Gasteiger partial charge on any atom is -0.376 e. The van der Waals surface area contributed by atoms with Gasteiger partial charge < -0.3 is 15.4 Å². The van der Waals surface area contributed by atoms with E-state index in [0.29, 0.717) is 19.5 Å². The molecule has 1 saturated heterocycles. The molecule has 0 bridgehead atoms. The van der Waals surface area contributed by atoms with Crippen molar-refractivity contribution in [3.05, 3.63) is 0 Å². The van der Waals surface area contributed by atoms with E-state index in [-0.39, 0.29) is 12.0 Å². The molecule has 0 radical (unpaired) electrons. The Morgan fingerprint density at radius 3 is 3.00 bits per heavy atom. The monoisotopic (exact) mass is 224 g/mol. The molecule has 1 fully saturated rings. The van der Waals surface area contributed by atoms with Crippen molar-refractivity contribution >= 4 is 5.91 Å². The van der Waals surface area contributed by atoms with E-state index in [9.17, 15) is 4.79 Å². The van der Waals surface area contributed by atoms with Crippen LogP contribution in [0.25, 0.3) is 0 Å². The van der Waals surface area contributed by atoms with Crippen LogP contribution in [0.1, 0.15) is 26.2 Å². The van der Waals surface area contributed by atoms with Gasteiger partial charge in [-0.15, -0.1) is 12.3 Å². The second-order valence-corrected chi connectivity index (χ2v) is 4.03. The molecule has 1 amide bonds. The van der Waals surface area contributed by atoms with Crippen molar-refractivity contribution in [3.8, 4) is 12.3 Å². The highest BCUT2D eigenvalue weighted by atomic mass is 16.5. The van der Waals surface area contributed by atoms with Crippen LogP contribution in [0.2, 0.25) is 0 Å². The third-order valence-electron chi connectivity index (χ3n) is 2.80. The number of carbonyl (C=O) groups excluding carboxylic acids is 1. The zero-order chi connectivity index (χ0) is 12.0. The molecule has 0 aromatic carbocycles.